The Kier molecular flexibility index (Phi) is 9.81. The Balaban J connectivity index is 1.34. The molecule has 0 unspecified atom stereocenters. The molecule has 0 spiro atoms. The molecule has 1 aromatic heterocycles. The Bertz CT molecular complexity index is 1550. The first-order valence-electron chi connectivity index (χ1n) is 15.5. The van der Waals surface area contributed by atoms with Crippen LogP contribution in [0.15, 0.2) is 30.5 Å². The molecule has 0 amide bonds. The first-order chi connectivity index (χ1) is 20.9. The Hall–Kier alpha value is -2.84. The average molecular weight is 640 g/mol. The summed E-state index contributed by atoms with van der Waals surface area (Å²) in [5.41, 5.74) is 6.19. The number of likely N-dealkylation sites (N-methyl/N-ethyl adjacent to an activating group) is 1. The van der Waals surface area contributed by atoms with Crippen molar-refractivity contribution in [1.82, 2.24) is 19.8 Å². The predicted octanol–water partition coefficient (Wildman–Crippen LogP) is 6.27. The van der Waals surface area contributed by atoms with Crippen molar-refractivity contribution in [1.29, 1.82) is 0 Å². The van der Waals surface area contributed by atoms with Gasteiger partial charge in [0.25, 0.3) is 0 Å². The monoisotopic (exact) mass is 639 g/mol. The van der Waals surface area contributed by atoms with Gasteiger partial charge in [-0.2, -0.15) is 4.98 Å². The van der Waals surface area contributed by atoms with Gasteiger partial charge >= 0.3 is 0 Å². The van der Waals surface area contributed by atoms with Crippen molar-refractivity contribution in [3.63, 3.8) is 0 Å². The van der Waals surface area contributed by atoms with Crippen molar-refractivity contribution in [3.05, 3.63) is 52.2 Å². The number of anilines is 5. The van der Waals surface area contributed by atoms with Gasteiger partial charge in [0.05, 0.1) is 24.7 Å². The molecule has 2 saturated heterocycles. The molecule has 2 aromatic carbocycles. The molecule has 3 aromatic rings. The molecule has 0 radical (unpaired) electrons. The number of nitrogens with zero attached hydrogens (tertiary/aromatic N) is 5. The summed E-state index contributed by atoms with van der Waals surface area (Å²) in [6.07, 6.45) is 4.81. The van der Waals surface area contributed by atoms with Crippen LogP contribution in [0.2, 0.25) is 5.02 Å². The summed E-state index contributed by atoms with van der Waals surface area (Å²) in [4.78, 5) is 16.7. The van der Waals surface area contributed by atoms with E-state index < -0.39 is 7.14 Å². The van der Waals surface area contributed by atoms with Gasteiger partial charge in [-0.3, -0.25) is 4.90 Å². The number of aromatic nitrogens is 2. The van der Waals surface area contributed by atoms with Crippen molar-refractivity contribution in [2.45, 2.75) is 52.1 Å². The minimum atomic E-state index is -2.56. The van der Waals surface area contributed by atoms with Crippen molar-refractivity contribution in [2.75, 3.05) is 76.2 Å². The highest BCUT2D eigenvalue weighted by molar-refractivity contribution is 7.70. The Morgan fingerprint density at radius 3 is 2.34 bits per heavy atom. The van der Waals surface area contributed by atoms with Gasteiger partial charge in [0.15, 0.2) is 5.82 Å². The molecule has 0 bridgehead atoms. The van der Waals surface area contributed by atoms with Gasteiger partial charge in [-0.1, -0.05) is 18.5 Å². The first kappa shape index (κ1) is 32.6. The van der Waals surface area contributed by atoms with Gasteiger partial charge in [0.2, 0.25) is 5.95 Å². The Morgan fingerprint density at radius 1 is 1.05 bits per heavy atom. The molecule has 11 heteroatoms. The predicted molar refractivity (Wildman–Crippen MR) is 185 cm³/mol. The van der Waals surface area contributed by atoms with E-state index in [1.807, 2.05) is 26.0 Å². The minimum Gasteiger partial charge on any atom is -0.494 e. The summed E-state index contributed by atoms with van der Waals surface area (Å²) in [7, 11) is 3.49. The number of aryl methyl sites for hydroxylation is 3. The summed E-state index contributed by atoms with van der Waals surface area (Å²) in [5.74, 6) is 1.56. The Morgan fingerprint density at radius 2 is 1.73 bits per heavy atom. The van der Waals surface area contributed by atoms with E-state index >= 15 is 0 Å². The molecule has 5 rings (SSSR count). The SMILES string of the molecule is CCc1cc(Nc2ncc(Cl)c(Nc3cc(C)c(C)cc3P(C)(C)=O)n2)c(OC)cc1N1CCC(N2CC(N(C)C)C2)CC1. The second kappa shape index (κ2) is 13.3. The van der Waals surface area contributed by atoms with Crippen LogP contribution in [0.25, 0.3) is 0 Å². The van der Waals surface area contributed by atoms with E-state index in [9.17, 15) is 4.57 Å². The number of benzene rings is 2. The summed E-state index contributed by atoms with van der Waals surface area (Å²) < 4.78 is 19.0. The van der Waals surface area contributed by atoms with E-state index in [-0.39, 0.29) is 0 Å². The zero-order chi connectivity index (χ0) is 31.8. The van der Waals surface area contributed by atoms with Crippen LogP contribution in [-0.4, -0.2) is 92.6 Å². The first-order valence-corrected chi connectivity index (χ1v) is 18.5. The number of nitrogens with one attached hydrogen (secondary N) is 2. The van der Waals surface area contributed by atoms with E-state index in [1.165, 1.54) is 37.2 Å². The number of methoxy groups -OCH3 is 1. The van der Waals surface area contributed by atoms with Crippen LogP contribution in [0.1, 0.15) is 36.5 Å². The lowest BCUT2D eigenvalue weighted by Crippen LogP contribution is -2.62. The topological polar surface area (TPSA) is 85.9 Å². The van der Waals surface area contributed by atoms with Crippen LogP contribution in [0, 0.1) is 13.8 Å². The normalized spacial score (nSPS) is 16.7. The number of halogens is 1. The van der Waals surface area contributed by atoms with Gasteiger partial charge in [-0.15, -0.1) is 0 Å². The standard InChI is InChI=1S/C33H47ClN7O2P/c1-9-23-16-27(30(43-6)17-29(23)40-12-10-24(11-13-40)41-19-25(20-41)39(4)5)37-33-35-18-26(34)32(38-33)36-28-14-21(2)22(3)15-31(28)44(7,8)42/h14-18,24-25H,9-13,19-20H2,1-8H3,(H2,35,36,37,38). The zero-order valence-electron chi connectivity index (χ0n) is 27.4. The average Bonchev–Trinajstić information content (AvgIpc) is 2.95. The molecule has 2 aliphatic rings. The summed E-state index contributed by atoms with van der Waals surface area (Å²) in [6, 6.07) is 9.63. The van der Waals surface area contributed by atoms with Gasteiger partial charge in [-0.05, 0) is 95.4 Å². The maximum Gasteiger partial charge on any atom is 0.229 e. The van der Waals surface area contributed by atoms with Crippen molar-refractivity contribution in [3.8, 4) is 5.75 Å². The molecule has 9 nitrogen and oxygen atoms in total. The van der Waals surface area contributed by atoms with Crippen LogP contribution in [0.5, 0.6) is 5.75 Å². The minimum absolute atomic E-state index is 0.372. The third-order valence-corrected chi connectivity index (χ3v) is 11.0. The number of rotatable bonds is 10. The molecule has 3 heterocycles. The molecule has 0 atom stereocenters. The second-order valence-electron chi connectivity index (χ2n) is 12.8. The van der Waals surface area contributed by atoms with Crippen LogP contribution in [0.4, 0.5) is 28.8 Å². The van der Waals surface area contributed by atoms with Crippen molar-refractivity contribution in [2.24, 2.45) is 0 Å². The maximum atomic E-state index is 13.1. The lowest BCUT2D eigenvalue weighted by atomic mass is 9.96. The van der Waals surface area contributed by atoms with Crippen LogP contribution < -0.4 is 25.6 Å². The fourth-order valence-electron chi connectivity index (χ4n) is 6.15. The second-order valence-corrected chi connectivity index (χ2v) is 16.4. The van der Waals surface area contributed by atoms with Crippen molar-refractivity contribution >= 4 is 52.9 Å². The number of ether oxygens (including phenoxy) is 1. The molecular weight excluding hydrogens is 593 g/mol. The molecule has 0 aliphatic carbocycles. The highest BCUT2D eigenvalue weighted by Crippen LogP contribution is 2.41. The summed E-state index contributed by atoms with van der Waals surface area (Å²) in [5, 5.41) is 7.84. The lowest BCUT2D eigenvalue weighted by Gasteiger charge is -2.49. The zero-order valence-corrected chi connectivity index (χ0v) is 29.0. The summed E-state index contributed by atoms with van der Waals surface area (Å²) >= 11 is 6.54. The fraction of sp³-hybridized carbons (Fsp3) is 0.515. The quantitative estimate of drug-likeness (QED) is 0.249. The molecule has 2 fully saturated rings. The maximum absolute atomic E-state index is 13.1. The molecule has 2 N–H and O–H groups in total. The van der Waals surface area contributed by atoms with E-state index in [4.69, 9.17) is 21.3 Å². The van der Waals surface area contributed by atoms with E-state index in [0.717, 1.165) is 53.1 Å². The van der Waals surface area contributed by atoms with Crippen LogP contribution in [0.3, 0.4) is 0 Å². The smallest absolute Gasteiger partial charge is 0.229 e. The Labute approximate surface area is 267 Å². The lowest BCUT2D eigenvalue weighted by molar-refractivity contribution is 0.0188. The van der Waals surface area contributed by atoms with E-state index in [0.29, 0.717) is 28.9 Å². The number of likely N-dealkylation sites (tertiary alicyclic amines) is 1. The third-order valence-electron chi connectivity index (χ3n) is 9.16. The van der Waals surface area contributed by atoms with Crippen LogP contribution >= 0.6 is 18.7 Å². The van der Waals surface area contributed by atoms with Gasteiger partial charge < -0.3 is 29.7 Å². The number of hydrogen-bond acceptors (Lipinski definition) is 9. The number of hydrogen-bond donors (Lipinski definition) is 2. The molecule has 44 heavy (non-hydrogen) atoms. The van der Waals surface area contributed by atoms with Gasteiger partial charge in [-0.25, -0.2) is 4.98 Å². The molecule has 0 saturated carbocycles. The van der Waals surface area contributed by atoms with E-state index in [2.05, 4.69) is 63.5 Å². The fourth-order valence-corrected chi connectivity index (χ4v) is 7.50. The van der Waals surface area contributed by atoms with E-state index in [1.54, 1.807) is 26.6 Å². The highest BCUT2D eigenvalue weighted by atomic mass is 35.5. The highest BCUT2D eigenvalue weighted by Gasteiger charge is 2.35. The van der Waals surface area contributed by atoms with Crippen molar-refractivity contribution < 1.29 is 9.30 Å². The van der Waals surface area contributed by atoms with Gasteiger partial charge in [0.1, 0.15) is 17.9 Å². The number of piperidine rings is 1. The molecule has 238 valence electrons. The molecular formula is C33H47ClN7O2P. The largest absolute Gasteiger partial charge is 0.494 e. The summed E-state index contributed by atoms with van der Waals surface area (Å²) in [6.45, 7) is 14.2. The molecule has 2 aliphatic heterocycles. The third kappa shape index (κ3) is 7.02. The van der Waals surface area contributed by atoms with Crippen LogP contribution in [-0.2, 0) is 11.0 Å². The van der Waals surface area contributed by atoms with Gasteiger partial charge in [0, 0.05) is 55.3 Å².